The second kappa shape index (κ2) is 10.1. The number of benzene rings is 1. The van der Waals surface area contributed by atoms with E-state index in [9.17, 15) is 9.59 Å². The van der Waals surface area contributed by atoms with Crippen LogP contribution in [0.25, 0.3) is 11.8 Å². The van der Waals surface area contributed by atoms with Crippen molar-refractivity contribution in [3.05, 3.63) is 81.2 Å². The maximum absolute atomic E-state index is 13.0. The van der Waals surface area contributed by atoms with Crippen LogP contribution in [0.15, 0.2) is 70.1 Å². The molecule has 2 heterocycles. The van der Waals surface area contributed by atoms with Crippen LogP contribution in [-0.2, 0) is 19.1 Å². The van der Waals surface area contributed by atoms with Crippen LogP contribution in [0.3, 0.4) is 0 Å². The second-order valence-corrected chi connectivity index (χ2v) is 7.43. The van der Waals surface area contributed by atoms with E-state index < -0.39 is 17.9 Å². The van der Waals surface area contributed by atoms with Gasteiger partial charge in [0.1, 0.15) is 0 Å². The molecule has 1 N–H and O–H groups in total. The molecule has 1 aliphatic rings. The number of hydrogen-bond donors (Lipinski definition) is 1. The van der Waals surface area contributed by atoms with E-state index in [1.54, 1.807) is 13.8 Å². The van der Waals surface area contributed by atoms with Crippen LogP contribution in [-0.4, -0.2) is 25.2 Å². The van der Waals surface area contributed by atoms with Crippen molar-refractivity contribution in [1.29, 1.82) is 0 Å². The minimum Gasteiger partial charge on any atom is -0.463 e. The van der Waals surface area contributed by atoms with Crippen LogP contribution < -0.4 is 5.32 Å². The lowest BCUT2D eigenvalue weighted by Crippen LogP contribution is -2.33. The van der Waals surface area contributed by atoms with Crippen molar-refractivity contribution >= 4 is 35.0 Å². The summed E-state index contributed by atoms with van der Waals surface area (Å²) in [6.45, 7) is 5.84. The summed E-state index contributed by atoms with van der Waals surface area (Å²) in [6.07, 6.45) is 3.78. The lowest BCUT2D eigenvalue weighted by molar-refractivity contribution is -0.139. The summed E-state index contributed by atoms with van der Waals surface area (Å²) < 4.78 is 10.7. The van der Waals surface area contributed by atoms with Crippen molar-refractivity contribution in [3.63, 3.8) is 0 Å². The molecule has 0 fully saturated rings. The fourth-order valence-electron chi connectivity index (χ4n) is 3.38. The van der Waals surface area contributed by atoms with Gasteiger partial charge in [0.2, 0.25) is 0 Å². The Bertz CT molecular complexity index is 987. The Labute approximate surface area is 180 Å². The summed E-state index contributed by atoms with van der Waals surface area (Å²) >= 11 is 1.54. The molecule has 0 aliphatic carbocycles. The SMILES string of the molecule is CCOC(=O)C1=C(C)NC(c2ccsc2)=C(C(=O)OCC)C1/C=C/c1ccccc1. The molecule has 1 unspecified atom stereocenters. The van der Waals surface area contributed by atoms with Crippen molar-refractivity contribution in [1.82, 2.24) is 5.32 Å². The summed E-state index contributed by atoms with van der Waals surface area (Å²) in [6, 6.07) is 11.7. The third kappa shape index (κ3) is 4.71. The Balaban J connectivity index is 2.16. The summed E-state index contributed by atoms with van der Waals surface area (Å²) in [7, 11) is 0. The molecular weight excluding hydrogens is 398 g/mol. The molecule has 5 nitrogen and oxygen atoms in total. The summed E-state index contributed by atoms with van der Waals surface area (Å²) in [4.78, 5) is 25.9. The molecule has 0 saturated heterocycles. The van der Waals surface area contributed by atoms with E-state index in [-0.39, 0.29) is 13.2 Å². The molecule has 0 spiro atoms. The van der Waals surface area contributed by atoms with Gasteiger partial charge in [-0.15, -0.1) is 0 Å². The quantitative estimate of drug-likeness (QED) is 0.649. The van der Waals surface area contributed by atoms with Crippen LogP contribution in [0.4, 0.5) is 0 Å². The standard InChI is InChI=1S/C24H25NO4S/c1-4-28-23(26)20-16(3)25-22(18-13-14-30-15-18)21(24(27)29-5-2)19(20)12-11-17-9-7-6-8-10-17/h6-15,19,25H,4-5H2,1-3H3/b12-11+. The summed E-state index contributed by atoms with van der Waals surface area (Å²) in [5.74, 6) is -1.50. The van der Waals surface area contributed by atoms with Crippen LogP contribution in [0.1, 0.15) is 31.9 Å². The van der Waals surface area contributed by atoms with E-state index in [4.69, 9.17) is 9.47 Å². The van der Waals surface area contributed by atoms with Gasteiger partial charge in [-0.3, -0.25) is 0 Å². The molecule has 2 aromatic rings. The first-order valence-electron chi connectivity index (χ1n) is 9.88. The highest BCUT2D eigenvalue weighted by molar-refractivity contribution is 7.08. The third-order valence-corrected chi connectivity index (χ3v) is 5.37. The predicted molar refractivity (Wildman–Crippen MR) is 119 cm³/mol. The first-order valence-corrected chi connectivity index (χ1v) is 10.8. The van der Waals surface area contributed by atoms with Gasteiger partial charge in [0.25, 0.3) is 0 Å². The Morgan fingerprint density at radius 2 is 1.70 bits per heavy atom. The van der Waals surface area contributed by atoms with Gasteiger partial charge in [-0.05, 0) is 37.8 Å². The molecule has 0 saturated carbocycles. The van der Waals surface area contributed by atoms with E-state index in [0.29, 0.717) is 22.5 Å². The van der Waals surface area contributed by atoms with Gasteiger partial charge >= 0.3 is 11.9 Å². The Kier molecular flexibility index (Phi) is 7.25. The highest BCUT2D eigenvalue weighted by Gasteiger charge is 2.37. The van der Waals surface area contributed by atoms with Crippen LogP contribution in [0, 0.1) is 5.92 Å². The number of rotatable bonds is 7. The van der Waals surface area contributed by atoms with Crippen molar-refractivity contribution in [3.8, 4) is 0 Å². The molecule has 3 rings (SSSR count). The fraction of sp³-hybridized carbons (Fsp3) is 0.250. The third-order valence-electron chi connectivity index (χ3n) is 4.69. The van der Waals surface area contributed by atoms with E-state index in [1.807, 2.05) is 66.2 Å². The van der Waals surface area contributed by atoms with E-state index >= 15 is 0 Å². The van der Waals surface area contributed by atoms with Gasteiger partial charge < -0.3 is 14.8 Å². The lowest BCUT2D eigenvalue weighted by atomic mass is 9.83. The molecule has 6 heteroatoms. The maximum atomic E-state index is 13.0. The number of nitrogens with one attached hydrogen (secondary N) is 1. The zero-order valence-corrected chi connectivity index (χ0v) is 18.1. The first-order chi connectivity index (χ1) is 14.6. The van der Waals surface area contributed by atoms with Crippen molar-refractivity contribution in [2.24, 2.45) is 5.92 Å². The lowest BCUT2D eigenvalue weighted by Gasteiger charge is -2.29. The number of thiophene rings is 1. The number of dihydropyridines is 1. The molecule has 30 heavy (non-hydrogen) atoms. The van der Waals surface area contributed by atoms with Gasteiger partial charge in [0, 0.05) is 22.6 Å². The highest BCUT2D eigenvalue weighted by atomic mass is 32.1. The monoisotopic (exact) mass is 423 g/mol. The van der Waals surface area contributed by atoms with Gasteiger partial charge in [-0.25, -0.2) is 9.59 Å². The molecule has 1 aromatic heterocycles. The average Bonchev–Trinajstić information content (AvgIpc) is 3.27. The minimum atomic E-state index is -0.598. The Morgan fingerprint density at radius 3 is 2.30 bits per heavy atom. The molecule has 0 radical (unpaired) electrons. The largest absolute Gasteiger partial charge is 0.463 e. The van der Waals surface area contributed by atoms with Crippen molar-refractivity contribution in [2.75, 3.05) is 13.2 Å². The first kappa shape index (κ1) is 21.6. The van der Waals surface area contributed by atoms with E-state index in [1.165, 1.54) is 11.3 Å². The summed E-state index contributed by atoms with van der Waals surface area (Å²) in [5.41, 5.74) is 3.97. The Morgan fingerprint density at radius 1 is 1.03 bits per heavy atom. The van der Waals surface area contributed by atoms with Crippen molar-refractivity contribution < 1.29 is 19.1 Å². The van der Waals surface area contributed by atoms with E-state index in [2.05, 4.69) is 5.32 Å². The van der Waals surface area contributed by atoms with E-state index in [0.717, 1.165) is 11.1 Å². The molecule has 1 atom stereocenters. The zero-order valence-electron chi connectivity index (χ0n) is 17.3. The highest BCUT2D eigenvalue weighted by Crippen LogP contribution is 2.37. The number of carbonyl (C=O) groups is 2. The number of hydrogen-bond acceptors (Lipinski definition) is 6. The molecule has 1 aromatic carbocycles. The summed E-state index contributed by atoms with van der Waals surface area (Å²) in [5, 5.41) is 7.16. The predicted octanol–water partition coefficient (Wildman–Crippen LogP) is 4.79. The topological polar surface area (TPSA) is 64.6 Å². The average molecular weight is 424 g/mol. The molecule has 1 aliphatic heterocycles. The molecular formula is C24H25NO4S. The van der Waals surface area contributed by atoms with Crippen LogP contribution >= 0.6 is 11.3 Å². The number of carbonyl (C=O) groups excluding carboxylic acids is 2. The van der Waals surface area contributed by atoms with Crippen molar-refractivity contribution in [2.45, 2.75) is 20.8 Å². The van der Waals surface area contributed by atoms with Gasteiger partial charge in [0.05, 0.1) is 30.1 Å². The van der Waals surface area contributed by atoms with Crippen LogP contribution in [0.2, 0.25) is 0 Å². The molecule has 156 valence electrons. The fourth-order valence-corrected chi connectivity index (χ4v) is 4.03. The van der Waals surface area contributed by atoms with Gasteiger partial charge in [0.15, 0.2) is 0 Å². The minimum absolute atomic E-state index is 0.242. The maximum Gasteiger partial charge on any atom is 0.337 e. The van der Waals surface area contributed by atoms with Gasteiger partial charge in [-0.1, -0.05) is 42.5 Å². The normalized spacial score (nSPS) is 16.6. The zero-order chi connectivity index (χ0) is 21.5. The van der Waals surface area contributed by atoms with Gasteiger partial charge in [-0.2, -0.15) is 11.3 Å². The molecule has 0 amide bonds. The smallest absolute Gasteiger partial charge is 0.337 e. The van der Waals surface area contributed by atoms with Crippen LogP contribution in [0.5, 0.6) is 0 Å². The number of esters is 2. The second-order valence-electron chi connectivity index (χ2n) is 6.65. The number of ether oxygens (including phenoxy) is 2. The number of allylic oxidation sites excluding steroid dienone is 2. The Hall–Kier alpha value is -3.12. The molecule has 0 bridgehead atoms.